The Hall–Kier alpha value is -1.18. The number of aliphatic hydroxyl groups excluding tert-OH is 1. The highest BCUT2D eigenvalue weighted by Crippen LogP contribution is 2.06. The van der Waals surface area contributed by atoms with Gasteiger partial charge in [0, 0.05) is 11.8 Å². The van der Waals surface area contributed by atoms with Crippen molar-refractivity contribution in [3.05, 3.63) is 35.3 Å². The van der Waals surface area contributed by atoms with Gasteiger partial charge in [-0.05, 0) is 31.9 Å². The fourth-order valence-electron chi connectivity index (χ4n) is 0.415. The first kappa shape index (κ1) is 9.82. The molecule has 0 saturated carbocycles. The molecule has 0 spiro atoms. The van der Waals surface area contributed by atoms with Gasteiger partial charge in [0.2, 0.25) is 0 Å². The van der Waals surface area contributed by atoms with Crippen molar-refractivity contribution < 1.29 is 5.11 Å². The molecule has 11 heavy (non-hydrogen) atoms. The number of hydrogen-bond donors (Lipinski definition) is 2. The number of rotatable bonds is 2. The molecule has 0 aromatic rings. The molecule has 0 aromatic carbocycles. The second-order valence-electron chi connectivity index (χ2n) is 2.77. The van der Waals surface area contributed by atoms with E-state index in [4.69, 9.17) is 5.73 Å². The molecule has 3 N–H and O–H groups in total. The Bertz CT molecular complexity index is 220. The van der Waals surface area contributed by atoms with E-state index in [1.807, 2.05) is 13.8 Å². The van der Waals surface area contributed by atoms with Crippen molar-refractivity contribution in [1.82, 2.24) is 0 Å². The smallest absolute Gasteiger partial charge is 0.116 e. The van der Waals surface area contributed by atoms with Crippen LogP contribution in [0.1, 0.15) is 20.8 Å². The Morgan fingerprint density at radius 1 is 1.36 bits per heavy atom. The fraction of sp³-hybridized carbons (Fsp3) is 0.333. The molecular formula is C9H15NO. The predicted octanol–water partition coefficient (Wildman–Crippen LogP) is 2.26. The molecule has 0 radical (unpaired) electrons. The minimum atomic E-state index is 0.213. The summed E-state index contributed by atoms with van der Waals surface area (Å²) in [5, 5.41) is 9.23. The van der Waals surface area contributed by atoms with E-state index in [2.05, 4.69) is 6.58 Å². The lowest BCUT2D eigenvalue weighted by atomic mass is 10.2. The van der Waals surface area contributed by atoms with Crippen molar-refractivity contribution in [2.24, 2.45) is 5.73 Å². The summed E-state index contributed by atoms with van der Waals surface area (Å²) in [6.45, 7) is 9.07. The van der Waals surface area contributed by atoms with Crippen LogP contribution in [0, 0.1) is 0 Å². The van der Waals surface area contributed by atoms with Crippen LogP contribution in [0.4, 0.5) is 0 Å². The molecule has 0 atom stereocenters. The molecule has 2 nitrogen and oxygen atoms in total. The minimum absolute atomic E-state index is 0.213. The lowest BCUT2D eigenvalue weighted by molar-refractivity contribution is 0.425. The maximum Gasteiger partial charge on any atom is 0.116 e. The average Bonchev–Trinajstić information content (AvgIpc) is 1.87. The van der Waals surface area contributed by atoms with Crippen LogP contribution in [-0.4, -0.2) is 5.11 Å². The van der Waals surface area contributed by atoms with Crippen LogP contribution in [-0.2, 0) is 0 Å². The quantitative estimate of drug-likeness (QED) is 0.472. The maximum atomic E-state index is 9.23. The highest BCUT2D eigenvalue weighted by Gasteiger charge is 1.94. The molecule has 0 aliphatic heterocycles. The Kier molecular flexibility index (Phi) is 3.45. The van der Waals surface area contributed by atoms with Crippen molar-refractivity contribution in [1.29, 1.82) is 0 Å². The van der Waals surface area contributed by atoms with Gasteiger partial charge in [-0.1, -0.05) is 6.58 Å². The third-order valence-electron chi connectivity index (χ3n) is 1.30. The molecule has 0 bridgehead atoms. The van der Waals surface area contributed by atoms with Gasteiger partial charge in [0.25, 0.3) is 0 Å². The number of allylic oxidation sites excluding steroid dienone is 3. The maximum absolute atomic E-state index is 9.23. The number of nitrogens with two attached hydrogens (primary N) is 1. The van der Waals surface area contributed by atoms with Crippen molar-refractivity contribution in [3.8, 4) is 0 Å². The zero-order valence-electron chi connectivity index (χ0n) is 7.31. The molecule has 0 aromatic heterocycles. The van der Waals surface area contributed by atoms with Gasteiger partial charge in [-0.3, -0.25) is 0 Å². The highest BCUT2D eigenvalue weighted by molar-refractivity contribution is 5.30. The Morgan fingerprint density at radius 3 is 2.09 bits per heavy atom. The summed E-state index contributed by atoms with van der Waals surface area (Å²) in [5.74, 6) is 0.213. The topological polar surface area (TPSA) is 46.2 Å². The second kappa shape index (κ2) is 3.86. The van der Waals surface area contributed by atoms with Crippen molar-refractivity contribution in [2.75, 3.05) is 0 Å². The van der Waals surface area contributed by atoms with Crippen LogP contribution < -0.4 is 5.73 Å². The monoisotopic (exact) mass is 153 g/mol. The normalized spacial score (nSPS) is 11.0. The summed E-state index contributed by atoms with van der Waals surface area (Å²) in [7, 11) is 0. The van der Waals surface area contributed by atoms with Crippen LogP contribution in [0.5, 0.6) is 0 Å². The molecule has 2 heteroatoms. The van der Waals surface area contributed by atoms with Gasteiger partial charge in [-0.2, -0.15) is 0 Å². The second-order valence-corrected chi connectivity index (χ2v) is 2.77. The summed E-state index contributed by atoms with van der Waals surface area (Å²) >= 11 is 0. The van der Waals surface area contributed by atoms with E-state index >= 15 is 0 Å². The van der Waals surface area contributed by atoms with Crippen molar-refractivity contribution in [3.63, 3.8) is 0 Å². The van der Waals surface area contributed by atoms with E-state index in [1.54, 1.807) is 6.92 Å². The van der Waals surface area contributed by atoms with Gasteiger partial charge >= 0.3 is 0 Å². The first-order valence-corrected chi connectivity index (χ1v) is 3.44. The lowest BCUT2D eigenvalue weighted by Gasteiger charge is -1.99. The van der Waals surface area contributed by atoms with Gasteiger partial charge < -0.3 is 10.8 Å². The standard InChI is InChI=1S/C9H15NO/c1-6(2)8(10)5-9(11)7(3)4/h5,11H,1,10H2,2-4H3/b8-5+. The van der Waals surface area contributed by atoms with E-state index in [9.17, 15) is 5.11 Å². The van der Waals surface area contributed by atoms with E-state index < -0.39 is 0 Å². The molecule has 62 valence electrons. The highest BCUT2D eigenvalue weighted by atomic mass is 16.3. The predicted molar refractivity (Wildman–Crippen MR) is 48.1 cm³/mol. The zero-order valence-corrected chi connectivity index (χ0v) is 7.31. The average molecular weight is 153 g/mol. The van der Waals surface area contributed by atoms with E-state index in [0.717, 1.165) is 11.1 Å². The molecule has 0 heterocycles. The SMILES string of the molecule is C=C(C)/C(N)=C\C(O)=C(C)C. The molecule has 0 aliphatic rings. The third-order valence-corrected chi connectivity index (χ3v) is 1.30. The van der Waals surface area contributed by atoms with E-state index in [-0.39, 0.29) is 5.76 Å². The number of hydrogen-bond acceptors (Lipinski definition) is 2. The molecular weight excluding hydrogens is 138 g/mol. The minimum Gasteiger partial charge on any atom is -0.508 e. The van der Waals surface area contributed by atoms with Gasteiger partial charge in [0.15, 0.2) is 0 Å². The summed E-state index contributed by atoms with van der Waals surface area (Å²) in [6, 6.07) is 0. The third kappa shape index (κ3) is 3.50. The summed E-state index contributed by atoms with van der Waals surface area (Å²) in [5.41, 5.74) is 7.64. The molecule has 0 saturated heterocycles. The zero-order chi connectivity index (χ0) is 9.02. The summed E-state index contributed by atoms with van der Waals surface area (Å²) < 4.78 is 0. The number of aliphatic hydroxyl groups is 1. The first-order valence-electron chi connectivity index (χ1n) is 3.44. The van der Waals surface area contributed by atoms with Crippen LogP contribution >= 0.6 is 0 Å². The Labute approximate surface area is 67.7 Å². The van der Waals surface area contributed by atoms with Gasteiger partial charge in [-0.25, -0.2) is 0 Å². The molecule has 0 fully saturated rings. The fourth-order valence-corrected chi connectivity index (χ4v) is 0.415. The molecule has 0 aliphatic carbocycles. The largest absolute Gasteiger partial charge is 0.508 e. The molecule has 0 amide bonds. The van der Waals surface area contributed by atoms with Gasteiger partial charge in [0.1, 0.15) is 5.76 Å². The van der Waals surface area contributed by atoms with Crippen LogP contribution in [0.3, 0.4) is 0 Å². The van der Waals surface area contributed by atoms with Crippen LogP contribution in [0.15, 0.2) is 35.3 Å². The lowest BCUT2D eigenvalue weighted by Crippen LogP contribution is -1.98. The summed E-state index contributed by atoms with van der Waals surface area (Å²) in [6.07, 6.45) is 1.51. The van der Waals surface area contributed by atoms with Crippen molar-refractivity contribution in [2.45, 2.75) is 20.8 Å². The first-order chi connectivity index (χ1) is 4.95. The van der Waals surface area contributed by atoms with Crippen LogP contribution in [0.2, 0.25) is 0 Å². The van der Waals surface area contributed by atoms with Crippen molar-refractivity contribution >= 4 is 0 Å². The Balaban J connectivity index is 4.58. The van der Waals surface area contributed by atoms with Gasteiger partial charge in [-0.15, -0.1) is 0 Å². The molecule has 0 rings (SSSR count). The molecule has 0 unspecified atom stereocenters. The van der Waals surface area contributed by atoms with Gasteiger partial charge in [0.05, 0.1) is 0 Å². The van der Waals surface area contributed by atoms with E-state index in [0.29, 0.717) is 5.70 Å². The summed E-state index contributed by atoms with van der Waals surface area (Å²) in [4.78, 5) is 0. The van der Waals surface area contributed by atoms with Crippen LogP contribution in [0.25, 0.3) is 0 Å². The van der Waals surface area contributed by atoms with E-state index in [1.165, 1.54) is 6.08 Å². The Morgan fingerprint density at radius 2 is 1.82 bits per heavy atom.